The Morgan fingerprint density at radius 1 is 1.20 bits per heavy atom. The number of hydrogen-bond acceptors (Lipinski definition) is 1. The van der Waals surface area contributed by atoms with Crippen LogP contribution in [0.15, 0.2) is 0 Å². The van der Waals surface area contributed by atoms with Gasteiger partial charge in [-0.3, -0.25) is 4.74 Å². The highest BCUT2D eigenvalue weighted by Crippen LogP contribution is 2.16. The highest BCUT2D eigenvalue weighted by atomic mass is 19.4. The zero-order valence-electron chi connectivity index (χ0n) is 4.79. The fourth-order valence-corrected chi connectivity index (χ4v) is 0.264. The first kappa shape index (κ1) is 9.61. The summed E-state index contributed by atoms with van der Waals surface area (Å²) in [5, 5.41) is 0. The SMILES string of the molecule is FC(F)CCOC(F)(F)F. The molecule has 0 radical (unpaired) electrons. The molecule has 0 N–H and O–H groups in total. The van der Waals surface area contributed by atoms with Gasteiger partial charge in [0.05, 0.1) is 6.61 Å². The Labute approximate surface area is 53.8 Å². The third-order valence-electron chi connectivity index (χ3n) is 0.602. The molecule has 0 unspecified atom stereocenters. The van der Waals surface area contributed by atoms with Crippen molar-refractivity contribution in [3.63, 3.8) is 0 Å². The summed E-state index contributed by atoms with van der Waals surface area (Å²) in [6.45, 7) is -0.985. The van der Waals surface area contributed by atoms with Crippen LogP contribution in [-0.2, 0) is 4.74 Å². The van der Waals surface area contributed by atoms with Crippen molar-refractivity contribution < 1.29 is 26.7 Å². The number of ether oxygens (including phenoxy) is 1. The molecule has 0 saturated heterocycles. The number of alkyl halides is 5. The van der Waals surface area contributed by atoms with E-state index in [1.807, 2.05) is 0 Å². The van der Waals surface area contributed by atoms with Crippen LogP contribution in [0.1, 0.15) is 6.42 Å². The maximum atomic E-state index is 11.2. The van der Waals surface area contributed by atoms with E-state index in [1.54, 1.807) is 0 Å². The fraction of sp³-hybridized carbons (Fsp3) is 1.00. The van der Waals surface area contributed by atoms with Gasteiger partial charge in [0, 0.05) is 6.42 Å². The van der Waals surface area contributed by atoms with Crippen molar-refractivity contribution in [3.8, 4) is 0 Å². The van der Waals surface area contributed by atoms with Gasteiger partial charge in [-0.05, 0) is 0 Å². The topological polar surface area (TPSA) is 9.23 Å². The van der Waals surface area contributed by atoms with E-state index in [9.17, 15) is 22.0 Å². The van der Waals surface area contributed by atoms with Crippen LogP contribution in [0.5, 0.6) is 0 Å². The molecule has 0 rings (SSSR count). The Balaban J connectivity index is 3.21. The number of rotatable bonds is 3. The normalized spacial score (nSPS) is 12.6. The molecule has 0 bridgehead atoms. The largest absolute Gasteiger partial charge is 0.522 e. The predicted molar refractivity (Wildman–Crippen MR) is 22.6 cm³/mol. The van der Waals surface area contributed by atoms with Gasteiger partial charge in [0.1, 0.15) is 0 Å². The third kappa shape index (κ3) is 7.61. The van der Waals surface area contributed by atoms with Crippen LogP contribution < -0.4 is 0 Å². The average Bonchev–Trinajstić information content (AvgIpc) is 1.59. The zero-order valence-corrected chi connectivity index (χ0v) is 4.79. The van der Waals surface area contributed by atoms with Crippen LogP contribution >= 0.6 is 0 Å². The molecule has 0 aromatic rings. The number of hydrogen-bond donors (Lipinski definition) is 0. The molecule has 1 nitrogen and oxygen atoms in total. The van der Waals surface area contributed by atoms with E-state index in [4.69, 9.17) is 0 Å². The summed E-state index contributed by atoms with van der Waals surface area (Å²) in [5.74, 6) is 0. The standard InChI is InChI=1S/C4H5F5O/c5-3(6)1-2-10-4(7,8)9/h3H,1-2H2. The van der Waals surface area contributed by atoms with Gasteiger partial charge in [-0.1, -0.05) is 0 Å². The van der Waals surface area contributed by atoms with E-state index in [2.05, 4.69) is 4.74 Å². The van der Waals surface area contributed by atoms with Crippen LogP contribution in [-0.4, -0.2) is 19.4 Å². The van der Waals surface area contributed by atoms with Gasteiger partial charge in [-0.25, -0.2) is 8.78 Å². The molecule has 62 valence electrons. The fourth-order valence-electron chi connectivity index (χ4n) is 0.264. The predicted octanol–water partition coefficient (Wildman–Crippen LogP) is 2.18. The summed E-state index contributed by atoms with van der Waals surface area (Å²) in [6.07, 6.45) is -8.43. The van der Waals surface area contributed by atoms with Crippen LogP contribution in [0.3, 0.4) is 0 Å². The highest BCUT2D eigenvalue weighted by molar-refractivity contribution is 4.38. The lowest BCUT2D eigenvalue weighted by atomic mass is 10.5. The Hall–Kier alpha value is -0.390. The molecule has 0 aliphatic heterocycles. The Morgan fingerprint density at radius 2 is 1.70 bits per heavy atom. The molecule has 0 aromatic heterocycles. The first-order chi connectivity index (χ1) is 4.42. The van der Waals surface area contributed by atoms with Gasteiger partial charge >= 0.3 is 6.36 Å². The second-order valence-corrected chi connectivity index (χ2v) is 1.47. The quantitative estimate of drug-likeness (QED) is 0.581. The molecule has 0 amide bonds. The lowest BCUT2D eigenvalue weighted by Crippen LogP contribution is -2.15. The Kier molecular flexibility index (Phi) is 3.55. The molecule has 10 heavy (non-hydrogen) atoms. The van der Waals surface area contributed by atoms with E-state index in [0.29, 0.717) is 0 Å². The van der Waals surface area contributed by atoms with Crippen molar-refractivity contribution in [2.75, 3.05) is 6.61 Å². The minimum Gasteiger partial charge on any atom is -0.292 e. The molecule has 0 saturated carbocycles. The Morgan fingerprint density at radius 3 is 2.00 bits per heavy atom. The molecular formula is C4H5F5O. The monoisotopic (exact) mass is 164 g/mol. The van der Waals surface area contributed by atoms with Gasteiger partial charge in [0.25, 0.3) is 0 Å². The second kappa shape index (κ2) is 3.70. The van der Waals surface area contributed by atoms with Crippen molar-refractivity contribution in [2.24, 2.45) is 0 Å². The summed E-state index contributed by atoms with van der Waals surface area (Å²) < 4.78 is 58.5. The molecule has 0 aliphatic rings. The minimum atomic E-state index is -4.80. The summed E-state index contributed by atoms with van der Waals surface area (Å²) in [6, 6.07) is 0. The molecule has 0 atom stereocenters. The van der Waals surface area contributed by atoms with Crippen molar-refractivity contribution in [2.45, 2.75) is 19.2 Å². The van der Waals surface area contributed by atoms with E-state index in [0.717, 1.165) is 0 Å². The van der Waals surface area contributed by atoms with E-state index in [-0.39, 0.29) is 0 Å². The Bertz CT molecular complexity index is 88.1. The maximum absolute atomic E-state index is 11.2. The first-order valence-electron chi connectivity index (χ1n) is 2.40. The molecule has 0 spiro atoms. The molecule has 0 heterocycles. The van der Waals surface area contributed by atoms with Crippen molar-refractivity contribution in [3.05, 3.63) is 0 Å². The molecule has 0 fully saturated rings. The summed E-state index contributed by atoms with van der Waals surface area (Å²) in [7, 11) is 0. The second-order valence-electron chi connectivity index (χ2n) is 1.47. The lowest BCUT2D eigenvalue weighted by Gasteiger charge is -2.05. The zero-order chi connectivity index (χ0) is 8.20. The lowest BCUT2D eigenvalue weighted by molar-refractivity contribution is -0.325. The van der Waals surface area contributed by atoms with Gasteiger partial charge in [0.15, 0.2) is 0 Å². The van der Waals surface area contributed by atoms with Crippen molar-refractivity contribution >= 4 is 0 Å². The molecule has 0 aliphatic carbocycles. The minimum absolute atomic E-state index is 0.889. The summed E-state index contributed by atoms with van der Waals surface area (Å²) >= 11 is 0. The smallest absolute Gasteiger partial charge is 0.292 e. The van der Waals surface area contributed by atoms with Crippen LogP contribution in [0, 0.1) is 0 Å². The first-order valence-corrected chi connectivity index (χ1v) is 2.40. The molecule has 6 heteroatoms. The van der Waals surface area contributed by atoms with Gasteiger partial charge in [-0.15, -0.1) is 13.2 Å². The molecular weight excluding hydrogens is 159 g/mol. The van der Waals surface area contributed by atoms with Crippen molar-refractivity contribution in [1.29, 1.82) is 0 Å². The van der Waals surface area contributed by atoms with Crippen LogP contribution in [0.2, 0.25) is 0 Å². The van der Waals surface area contributed by atoms with Crippen LogP contribution in [0.4, 0.5) is 22.0 Å². The van der Waals surface area contributed by atoms with Crippen LogP contribution in [0.25, 0.3) is 0 Å². The van der Waals surface area contributed by atoms with E-state index in [1.165, 1.54) is 0 Å². The number of halogens is 5. The summed E-state index contributed by atoms with van der Waals surface area (Å²) in [5.41, 5.74) is 0. The van der Waals surface area contributed by atoms with Gasteiger partial charge < -0.3 is 0 Å². The highest BCUT2D eigenvalue weighted by Gasteiger charge is 2.28. The maximum Gasteiger partial charge on any atom is 0.522 e. The van der Waals surface area contributed by atoms with Crippen molar-refractivity contribution in [1.82, 2.24) is 0 Å². The van der Waals surface area contributed by atoms with Gasteiger partial charge in [0.2, 0.25) is 6.43 Å². The molecule has 0 aromatic carbocycles. The van der Waals surface area contributed by atoms with E-state index < -0.39 is 25.8 Å². The van der Waals surface area contributed by atoms with Gasteiger partial charge in [-0.2, -0.15) is 0 Å². The summed E-state index contributed by atoms with van der Waals surface area (Å²) in [4.78, 5) is 0. The average molecular weight is 164 g/mol. The van der Waals surface area contributed by atoms with E-state index >= 15 is 0 Å². The third-order valence-corrected chi connectivity index (χ3v) is 0.602.